The van der Waals surface area contributed by atoms with Gasteiger partial charge in [0.25, 0.3) is 0 Å². The summed E-state index contributed by atoms with van der Waals surface area (Å²) in [6.07, 6.45) is 2.67. The van der Waals surface area contributed by atoms with Crippen molar-refractivity contribution in [3.63, 3.8) is 0 Å². The molecule has 0 radical (unpaired) electrons. The van der Waals surface area contributed by atoms with Crippen LogP contribution in [0.2, 0.25) is 0 Å². The van der Waals surface area contributed by atoms with Crippen LogP contribution in [-0.2, 0) is 24.2 Å². The van der Waals surface area contributed by atoms with Gasteiger partial charge in [-0.2, -0.15) is 0 Å². The van der Waals surface area contributed by atoms with Gasteiger partial charge in [-0.25, -0.2) is 0 Å². The minimum atomic E-state index is 0.152. The van der Waals surface area contributed by atoms with E-state index >= 15 is 0 Å². The van der Waals surface area contributed by atoms with Crippen LogP contribution in [0.15, 0.2) is 18.2 Å². The van der Waals surface area contributed by atoms with Gasteiger partial charge in [0.05, 0.1) is 0 Å². The molecule has 1 aliphatic heterocycles. The Labute approximate surface area is 110 Å². The SMILES string of the molecule is CCC(=O)C(C)Cc1ccc2c(c1)CCN(C)C2. The Morgan fingerprint density at radius 1 is 1.39 bits per heavy atom. The van der Waals surface area contributed by atoms with Crippen molar-refractivity contribution < 1.29 is 4.79 Å². The first-order valence-electron chi connectivity index (χ1n) is 6.92. The number of carbonyl (C=O) groups is 1. The van der Waals surface area contributed by atoms with Crippen molar-refractivity contribution in [1.29, 1.82) is 0 Å². The van der Waals surface area contributed by atoms with Crippen molar-refractivity contribution in [2.45, 2.75) is 39.7 Å². The third-order valence-corrected chi connectivity index (χ3v) is 3.91. The lowest BCUT2D eigenvalue weighted by molar-refractivity contribution is -0.122. The van der Waals surface area contributed by atoms with Gasteiger partial charge in [-0.05, 0) is 36.6 Å². The van der Waals surface area contributed by atoms with Crippen molar-refractivity contribution in [1.82, 2.24) is 4.90 Å². The van der Waals surface area contributed by atoms with Gasteiger partial charge in [-0.1, -0.05) is 32.0 Å². The first-order valence-corrected chi connectivity index (χ1v) is 6.92. The number of hydrogen-bond donors (Lipinski definition) is 0. The highest BCUT2D eigenvalue weighted by Gasteiger charge is 2.15. The van der Waals surface area contributed by atoms with Crippen LogP contribution in [0.25, 0.3) is 0 Å². The molecule has 2 nitrogen and oxygen atoms in total. The molecule has 18 heavy (non-hydrogen) atoms. The second-order valence-electron chi connectivity index (χ2n) is 5.52. The average molecular weight is 245 g/mol. The highest BCUT2D eigenvalue weighted by molar-refractivity contribution is 5.80. The number of benzene rings is 1. The Hall–Kier alpha value is -1.15. The minimum absolute atomic E-state index is 0.152. The Bertz CT molecular complexity index is 439. The molecule has 2 heteroatoms. The number of ketones is 1. The zero-order valence-corrected chi connectivity index (χ0v) is 11.7. The van der Waals surface area contributed by atoms with E-state index in [4.69, 9.17) is 0 Å². The molecular formula is C16H23NO. The lowest BCUT2D eigenvalue weighted by atomic mass is 9.91. The van der Waals surface area contributed by atoms with Crippen molar-refractivity contribution in [2.75, 3.05) is 13.6 Å². The minimum Gasteiger partial charge on any atom is -0.302 e. The summed E-state index contributed by atoms with van der Waals surface area (Å²) in [4.78, 5) is 14.0. The summed E-state index contributed by atoms with van der Waals surface area (Å²) in [5.74, 6) is 0.520. The van der Waals surface area contributed by atoms with Crippen LogP contribution in [0.5, 0.6) is 0 Å². The molecule has 1 heterocycles. The van der Waals surface area contributed by atoms with Crippen LogP contribution >= 0.6 is 0 Å². The van der Waals surface area contributed by atoms with Gasteiger partial charge < -0.3 is 4.90 Å². The van der Waals surface area contributed by atoms with E-state index < -0.39 is 0 Å². The predicted molar refractivity (Wildman–Crippen MR) is 74.6 cm³/mol. The zero-order valence-electron chi connectivity index (χ0n) is 11.7. The fourth-order valence-electron chi connectivity index (χ4n) is 2.69. The van der Waals surface area contributed by atoms with E-state index in [0.29, 0.717) is 12.2 Å². The van der Waals surface area contributed by atoms with Crippen LogP contribution in [0.4, 0.5) is 0 Å². The second kappa shape index (κ2) is 5.66. The molecule has 1 aromatic carbocycles. The molecule has 98 valence electrons. The monoisotopic (exact) mass is 245 g/mol. The molecule has 2 rings (SSSR count). The molecule has 1 unspecified atom stereocenters. The second-order valence-corrected chi connectivity index (χ2v) is 5.52. The van der Waals surface area contributed by atoms with Gasteiger partial charge in [-0.3, -0.25) is 4.79 Å². The van der Waals surface area contributed by atoms with Crippen LogP contribution < -0.4 is 0 Å². The molecule has 0 bridgehead atoms. The average Bonchev–Trinajstić information content (AvgIpc) is 2.38. The van der Waals surface area contributed by atoms with E-state index in [-0.39, 0.29) is 5.92 Å². The lowest BCUT2D eigenvalue weighted by Crippen LogP contribution is -2.26. The van der Waals surface area contributed by atoms with Crippen LogP contribution in [0.3, 0.4) is 0 Å². The van der Waals surface area contributed by atoms with Crippen LogP contribution in [0, 0.1) is 5.92 Å². The molecule has 1 atom stereocenters. The molecule has 0 amide bonds. The maximum Gasteiger partial charge on any atom is 0.135 e. The molecule has 1 aromatic rings. The number of fused-ring (bicyclic) bond motifs is 1. The fourth-order valence-corrected chi connectivity index (χ4v) is 2.69. The van der Waals surface area contributed by atoms with Crippen molar-refractivity contribution >= 4 is 5.78 Å². The topological polar surface area (TPSA) is 20.3 Å². The van der Waals surface area contributed by atoms with Crippen molar-refractivity contribution in [3.8, 4) is 0 Å². The van der Waals surface area contributed by atoms with E-state index in [1.54, 1.807) is 0 Å². The van der Waals surface area contributed by atoms with Gasteiger partial charge in [-0.15, -0.1) is 0 Å². The van der Waals surface area contributed by atoms with Gasteiger partial charge in [0.2, 0.25) is 0 Å². The van der Waals surface area contributed by atoms with E-state index in [1.807, 2.05) is 13.8 Å². The Morgan fingerprint density at radius 2 is 2.17 bits per heavy atom. The summed E-state index contributed by atoms with van der Waals surface area (Å²) in [5, 5.41) is 0. The Kier molecular flexibility index (Phi) is 4.18. The smallest absolute Gasteiger partial charge is 0.135 e. The molecule has 0 saturated carbocycles. The van der Waals surface area contributed by atoms with E-state index in [0.717, 1.165) is 25.9 Å². The summed E-state index contributed by atoms with van der Waals surface area (Å²) < 4.78 is 0. The summed E-state index contributed by atoms with van der Waals surface area (Å²) in [6, 6.07) is 6.74. The Morgan fingerprint density at radius 3 is 2.89 bits per heavy atom. The zero-order chi connectivity index (χ0) is 13.1. The number of rotatable bonds is 4. The van der Waals surface area contributed by atoms with E-state index in [9.17, 15) is 4.79 Å². The van der Waals surface area contributed by atoms with Crippen LogP contribution in [-0.4, -0.2) is 24.3 Å². The number of likely N-dealkylation sites (N-methyl/N-ethyl adjacent to an activating group) is 1. The highest BCUT2D eigenvalue weighted by atomic mass is 16.1. The van der Waals surface area contributed by atoms with Gasteiger partial charge in [0.15, 0.2) is 0 Å². The molecule has 0 aromatic heterocycles. The molecule has 1 aliphatic rings. The van der Waals surface area contributed by atoms with Gasteiger partial charge >= 0.3 is 0 Å². The Balaban J connectivity index is 2.09. The summed E-state index contributed by atoms with van der Waals surface area (Å²) in [7, 11) is 2.17. The van der Waals surface area contributed by atoms with Crippen molar-refractivity contribution in [2.24, 2.45) is 5.92 Å². The number of hydrogen-bond acceptors (Lipinski definition) is 2. The maximum absolute atomic E-state index is 11.6. The first kappa shape index (κ1) is 13.3. The van der Waals surface area contributed by atoms with Gasteiger partial charge in [0.1, 0.15) is 5.78 Å². The number of nitrogens with zero attached hydrogens (tertiary/aromatic N) is 1. The molecule has 0 fully saturated rings. The van der Waals surface area contributed by atoms with Gasteiger partial charge in [0, 0.05) is 25.4 Å². The normalized spacial score (nSPS) is 17.3. The van der Waals surface area contributed by atoms with Crippen LogP contribution in [0.1, 0.15) is 37.0 Å². The quantitative estimate of drug-likeness (QED) is 0.813. The molecule has 0 aliphatic carbocycles. The fraction of sp³-hybridized carbons (Fsp3) is 0.562. The molecule has 0 spiro atoms. The van der Waals surface area contributed by atoms with E-state index in [1.165, 1.54) is 16.7 Å². The summed E-state index contributed by atoms with van der Waals surface area (Å²) in [6.45, 7) is 6.18. The maximum atomic E-state index is 11.6. The third kappa shape index (κ3) is 2.99. The largest absolute Gasteiger partial charge is 0.302 e. The third-order valence-electron chi connectivity index (χ3n) is 3.91. The number of carbonyl (C=O) groups excluding carboxylic acids is 1. The van der Waals surface area contributed by atoms with Crippen molar-refractivity contribution in [3.05, 3.63) is 34.9 Å². The molecule has 0 N–H and O–H groups in total. The molecular weight excluding hydrogens is 222 g/mol. The highest BCUT2D eigenvalue weighted by Crippen LogP contribution is 2.21. The molecule has 0 saturated heterocycles. The summed E-state index contributed by atoms with van der Waals surface area (Å²) >= 11 is 0. The first-order chi connectivity index (χ1) is 8.60. The van der Waals surface area contributed by atoms with E-state index in [2.05, 4.69) is 30.1 Å². The lowest BCUT2D eigenvalue weighted by Gasteiger charge is -2.25. The number of Topliss-reactive ketones (excluding diaryl/α,β-unsaturated/α-hetero) is 1. The predicted octanol–water partition coefficient (Wildman–Crippen LogP) is 2.83. The standard InChI is InChI=1S/C16H23NO/c1-4-16(18)12(2)9-13-5-6-15-11-17(3)8-7-14(15)10-13/h5-6,10,12H,4,7-9,11H2,1-3H3. The summed E-state index contributed by atoms with van der Waals surface area (Å²) in [5.41, 5.74) is 4.23.